The van der Waals surface area contributed by atoms with Crippen molar-refractivity contribution >= 4 is 23.3 Å². The average Bonchev–Trinajstić information content (AvgIpc) is 2.64. The summed E-state index contributed by atoms with van der Waals surface area (Å²) < 4.78 is 9.49. The molecule has 0 atom stereocenters. The molecule has 0 saturated heterocycles. The SMILES string of the molecule is Cc1cc([N+](=O)[O-])ccc1OC(=O)C(=O)Oc1ccc(OON)cc1[N+](=O)[O-]. The number of benzene rings is 2. The van der Waals surface area contributed by atoms with Gasteiger partial charge in [0.2, 0.25) is 5.75 Å². The van der Waals surface area contributed by atoms with Crippen LogP contribution in [0.15, 0.2) is 36.4 Å². The molecule has 0 amide bonds. The third-order valence-corrected chi connectivity index (χ3v) is 3.21. The number of nitro groups is 2. The van der Waals surface area contributed by atoms with Gasteiger partial charge in [0.05, 0.1) is 15.9 Å². The number of esters is 2. The van der Waals surface area contributed by atoms with Gasteiger partial charge in [0.25, 0.3) is 5.69 Å². The van der Waals surface area contributed by atoms with Crippen molar-refractivity contribution in [3.63, 3.8) is 0 Å². The first kappa shape index (κ1) is 20.2. The lowest BCUT2D eigenvalue weighted by Crippen LogP contribution is -2.26. The van der Waals surface area contributed by atoms with Crippen molar-refractivity contribution in [2.24, 2.45) is 5.90 Å². The standard InChI is InChI=1S/C15H11N3O10/c1-8-6-9(17(21)22)2-4-12(8)25-14(19)15(20)26-13-5-3-10(27-28-16)7-11(13)18(23)24/h2-7H,16H2,1H3. The second-order valence-corrected chi connectivity index (χ2v) is 5.05. The van der Waals surface area contributed by atoms with Gasteiger partial charge in [-0.15, -0.1) is 0 Å². The van der Waals surface area contributed by atoms with E-state index in [1.165, 1.54) is 6.92 Å². The van der Waals surface area contributed by atoms with Crippen LogP contribution in [0.3, 0.4) is 0 Å². The Hall–Kier alpha value is -4.10. The average molecular weight is 393 g/mol. The van der Waals surface area contributed by atoms with Crippen LogP contribution in [-0.4, -0.2) is 21.8 Å². The van der Waals surface area contributed by atoms with Crippen LogP contribution < -0.4 is 20.3 Å². The van der Waals surface area contributed by atoms with Gasteiger partial charge in [-0.2, -0.15) is 5.90 Å². The molecule has 2 rings (SSSR count). The zero-order valence-corrected chi connectivity index (χ0v) is 14.0. The summed E-state index contributed by atoms with van der Waals surface area (Å²) in [4.78, 5) is 52.3. The first-order valence-corrected chi connectivity index (χ1v) is 7.23. The molecule has 0 heterocycles. The van der Waals surface area contributed by atoms with Gasteiger partial charge >= 0.3 is 17.6 Å². The van der Waals surface area contributed by atoms with Crippen molar-refractivity contribution in [3.05, 3.63) is 62.2 Å². The monoisotopic (exact) mass is 393 g/mol. The van der Waals surface area contributed by atoms with Gasteiger partial charge < -0.3 is 14.4 Å². The van der Waals surface area contributed by atoms with Crippen LogP contribution in [0.2, 0.25) is 0 Å². The van der Waals surface area contributed by atoms with Crippen LogP contribution >= 0.6 is 0 Å². The highest BCUT2D eigenvalue weighted by Crippen LogP contribution is 2.31. The topological polar surface area (TPSA) is 183 Å². The number of carbonyl (C=O) groups is 2. The predicted molar refractivity (Wildman–Crippen MR) is 88.1 cm³/mol. The van der Waals surface area contributed by atoms with Crippen molar-refractivity contribution in [1.82, 2.24) is 0 Å². The fourth-order valence-electron chi connectivity index (χ4n) is 1.98. The van der Waals surface area contributed by atoms with Crippen molar-refractivity contribution in [2.75, 3.05) is 0 Å². The summed E-state index contributed by atoms with van der Waals surface area (Å²) in [5.41, 5.74) is -0.730. The molecule has 28 heavy (non-hydrogen) atoms. The molecule has 0 spiro atoms. The highest BCUT2D eigenvalue weighted by Gasteiger charge is 2.26. The molecule has 0 fully saturated rings. The fourth-order valence-corrected chi connectivity index (χ4v) is 1.98. The Kier molecular flexibility index (Phi) is 6.15. The number of aryl methyl sites for hydroxylation is 1. The number of rotatable bonds is 6. The molecule has 0 aliphatic heterocycles. The lowest BCUT2D eigenvalue weighted by atomic mass is 10.2. The number of nitrogens with zero attached hydrogens (tertiary/aromatic N) is 2. The summed E-state index contributed by atoms with van der Waals surface area (Å²) in [7, 11) is 0. The zero-order valence-electron chi connectivity index (χ0n) is 14.0. The molecule has 0 radical (unpaired) electrons. The Balaban J connectivity index is 2.15. The van der Waals surface area contributed by atoms with E-state index in [4.69, 9.17) is 4.74 Å². The van der Waals surface area contributed by atoms with E-state index in [1.54, 1.807) is 0 Å². The molecule has 2 aromatic carbocycles. The maximum Gasteiger partial charge on any atom is 0.423 e. The molecule has 2 aromatic rings. The summed E-state index contributed by atoms with van der Waals surface area (Å²) >= 11 is 0. The molecule has 0 aromatic heterocycles. The summed E-state index contributed by atoms with van der Waals surface area (Å²) in [6, 6.07) is 6.30. The van der Waals surface area contributed by atoms with Gasteiger partial charge in [0.1, 0.15) is 5.75 Å². The summed E-state index contributed by atoms with van der Waals surface area (Å²) in [6.07, 6.45) is 0. The minimum atomic E-state index is -1.55. The third-order valence-electron chi connectivity index (χ3n) is 3.21. The number of non-ortho nitro benzene ring substituents is 1. The number of hydrogen-bond acceptors (Lipinski definition) is 11. The minimum Gasteiger partial charge on any atom is -0.418 e. The van der Waals surface area contributed by atoms with Crippen molar-refractivity contribution in [2.45, 2.75) is 6.92 Å². The lowest BCUT2D eigenvalue weighted by Gasteiger charge is -2.08. The van der Waals surface area contributed by atoms with Crippen LogP contribution in [0.5, 0.6) is 17.2 Å². The first-order chi connectivity index (χ1) is 13.2. The first-order valence-electron chi connectivity index (χ1n) is 7.23. The molecule has 0 aliphatic rings. The second-order valence-electron chi connectivity index (χ2n) is 5.05. The largest absolute Gasteiger partial charge is 0.423 e. The van der Waals surface area contributed by atoms with Crippen LogP contribution in [0, 0.1) is 27.2 Å². The van der Waals surface area contributed by atoms with Gasteiger partial charge in [0.15, 0.2) is 5.75 Å². The van der Waals surface area contributed by atoms with E-state index in [1.807, 2.05) is 0 Å². The highest BCUT2D eigenvalue weighted by molar-refractivity contribution is 6.31. The number of hydrogen-bond donors (Lipinski definition) is 1. The maximum absolute atomic E-state index is 11.9. The van der Waals surface area contributed by atoms with Crippen molar-refractivity contribution in [1.29, 1.82) is 0 Å². The van der Waals surface area contributed by atoms with Gasteiger partial charge in [0, 0.05) is 12.1 Å². The molecule has 0 saturated carbocycles. The van der Waals surface area contributed by atoms with E-state index in [-0.39, 0.29) is 22.7 Å². The molecule has 13 heteroatoms. The van der Waals surface area contributed by atoms with Crippen LogP contribution in [0.25, 0.3) is 0 Å². The van der Waals surface area contributed by atoms with Gasteiger partial charge in [-0.25, -0.2) is 9.59 Å². The van der Waals surface area contributed by atoms with E-state index in [0.717, 1.165) is 36.4 Å². The Morgan fingerprint density at radius 2 is 1.54 bits per heavy atom. The van der Waals surface area contributed by atoms with E-state index < -0.39 is 33.2 Å². The van der Waals surface area contributed by atoms with E-state index in [9.17, 15) is 29.8 Å². The highest BCUT2D eigenvalue weighted by atomic mass is 17.3. The molecular weight excluding hydrogens is 382 g/mol. The number of nitrogens with two attached hydrogens (primary N) is 1. The summed E-state index contributed by atoms with van der Waals surface area (Å²) in [5, 5.41) is 21.8. The van der Waals surface area contributed by atoms with Crippen molar-refractivity contribution < 1.29 is 38.8 Å². The lowest BCUT2D eigenvalue weighted by molar-refractivity contribution is -0.385. The van der Waals surface area contributed by atoms with Crippen molar-refractivity contribution in [3.8, 4) is 17.2 Å². The quantitative estimate of drug-likeness (QED) is 0.187. The number of nitro benzene ring substituents is 2. The Labute approximate surface area is 155 Å². The van der Waals surface area contributed by atoms with Gasteiger partial charge in [-0.05, 0) is 30.7 Å². The van der Waals surface area contributed by atoms with E-state index >= 15 is 0 Å². The Morgan fingerprint density at radius 3 is 2.07 bits per heavy atom. The van der Waals surface area contributed by atoms with Crippen LogP contribution in [0.1, 0.15) is 5.56 Å². The molecule has 0 unspecified atom stereocenters. The van der Waals surface area contributed by atoms with E-state index in [0.29, 0.717) is 0 Å². The van der Waals surface area contributed by atoms with E-state index in [2.05, 4.69) is 20.5 Å². The molecule has 146 valence electrons. The summed E-state index contributed by atoms with van der Waals surface area (Å²) in [6.45, 7) is 1.42. The fraction of sp³-hybridized carbons (Fsp3) is 0.0667. The molecule has 13 nitrogen and oxygen atoms in total. The van der Waals surface area contributed by atoms with Crippen LogP contribution in [0.4, 0.5) is 11.4 Å². The third kappa shape index (κ3) is 4.75. The predicted octanol–water partition coefficient (Wildman–Crippen LogP) is 1.51. The van der Waals surface area contributed by atoms with Gasteiger partial charge in [-0.3, -0.25) is 20.2 Å². The molecule has 2 N–H and O–H groups in total. The second kappa shape index (κ2) is 8.52. The zero-order chi connectivity index (χ0) is 20.8. The smallest absolute Gasteiger partial charge is 0.418 e. The molecule has 0 aliphatic carbocycles. The minimum absolute atomic E-state index is 0.120. The van der Waals surface area contributed by atoms with Gasteiger partial charge in [-0.1, -0.05) is 4.99 Å². The molecular formula is C15H11N3O10. The molecule has 0 bridgehead atoms. The normalized spacial score (nSPS) is 10.1. The number of ether oxygens (including phenoxy) is 2. The number of carbonyl (C=O) groups excluding carboxylic acids is 2. The maximum atomic E-state index is 11.9. The van der Waals surface area contributed by atoms with Crippen LogP contribution in [-0.2, 0) is 14.6 Å². The Morgan fingerprint density at radius 1 is 0.929 bits per heavy atom. The Bertz CT molecular complexity index is 959. The summed E-state index contributed by atoms with van der Waals surface area (Å²) in [5.74, 6) is 0.808.